The van der Waals surface area contributed by atoms with Crippen molar-refractivity contribution >= 4 is 27.3 Å². The van der Waals surface area contributed by atoms with E-state index in [0.29, 0.717) is 0 Å². The molecule has 0 amide bonds. The van der Waals surface area contributed by atoms with E-state index < -0.39 is 0 Å². The molecule has 0 spiro atoms. The zero-order valence-corrected chi connectivity index (χ0v) is 9.33. The molecule has 1 aromatic rings. The van der Waals surface area contributed by atoms with E-state index in [4.69, 9.17) is 0 Å². The molecule has 1 nitrogen and oxygen atoms in total. The van der Waals surface area contributed by atoms with Crippen molar-refractivity contribution in [1.82, 2.24) is 4.98 Å². The molecule has 0 aromatic carbocycles. The number of aromatic nitrogens is 1. The highest BCUT2D eigenvalue weighted by Gasteiger charge is 2.19. The summed E-state index contributed by atoms with van der Waals surface area (Å²) < 4.78 is 1.08. The van der Waals surface area contributed by atoms with Gasteiger partial charge in [0.25, 0.3) is 0 Å². The minimum absolute atomic E-state index is 0.792. The van der Waals surface area contributed by atoms with Crippen LogP contribution >= 0.6 is 27.3 Å². The van der Waals surface area contributed by atoms with E-state index >= 15 is 0 Å². The van der Waals surface area contributed by atoms with Crippen LogP contribution in [0, 0.1) is 0 Å². The highest BCUT2D eigenvalue weighted by atomic mass is 79.9. The molecule has 12 heavy (non-hydrogen) atoms. The SMILES string of the molecule is Brc1ncsc1C1CCCCC1. The molecule has 2 rings (SSSR count). The van der Waals surface area contributed by atoms with Crippen molar-refractivity contribution in [2.75, 3.05) is 0 Å². The fourth-order valence-electron chi connectivity index (χ4n) is 1.87. The number of hydrogen-bond donors (Lipinski definition) is 0. The lowest BCUT2D eigenvalue weighted by atomic mass is 9.89. The van der Waals surface area contributed by atoms with Crippen molar-refractivity contribution in [3.8, 4) is 0 Å². The fourth-order valence-corrected chi connectivity index (χ4v) is 3.56. The van der Waals surface area contributed by atoms with E-state index in [0.717, 1.165) is 10.5 Å². The number of halogens is 1. The van der Waals surface area contributed by atoms with E-state index in [1.165, 1.54) is 37.0 Å². The number of nitrogens with zero attached hydrogens (tertiary/aromatic N) is 1. The van der Waals surface area contributed by atoms with Crippen LogP contribution in [0.3, 0.4) is 0 Å². The third kappa shape index (κ3) is 1.72. The lowest BCUT2D eigenvalue weighted by Crippen LogP contribution is -2.02. The summed E-state index contributed by atoms with van der Waals surface area (Å²) in [7, 11) is 0. The quantitative estimate of drug-likeness (QED) is 0.731. The molecule has 0 unspecified atom stereocenters. The zero-order chi connectivity index (χ0) is 8.39. The van der Waals surface area contributed by atoms with Crippen LogP contribution in [-0.2, 0) is 0 Å². The average molecular weight is 246 g/mol. The average Bonchev–Trinajstić information content (AvgIpc) is 2.53. The van der Waals surface area contributed by atoms with Gasteiger partial charge in [0, 0.05) is 4.88 Å². The minimum Gasteiger partial charge on any atom is -0.237 e. The molecule has 3 heteroatoms. The maximum atomic E-state index is 4.23. The Labute approximate surface area is 85.3 Å². The van der Waals surface area contributed by atoms with Crippen molar-refractivity contribution in [1.29, 1.82) is 0 Å². The van der Waals surface area contributed by atoms with Gasteiger partial charge in [0.1, 0.15) is 4.60 Å². The third-order valence-electron chi connectivity index (χ3n) is 2.53. The molecule has 0 N–H and O–H groups in total. The molecule has 1 heterocycles. The smallest absolute Gasteiger partial charge is 0.120 e. The van der Waals surface area contributed by atoms with Crippen LogP contribution in [0.5, 0.6) is 0 Å². The van der Waals surface area contributed by atoms with Crippen molar-refractivity contribution in [2.24, 2.45) is 0 Å². The first kappa shape index (κ1) is 8.70. The molecule has 0 saturated heterocycles. The van der Waals surface area contributed by atoms with Crippen LogP contribution in [0.15, 0.2) is 10.1 Å². The van der Waals surface area contributed by atoms with Crippen LogP contribution in [0.1, 0.15) is 42.9 Å². The Balaban J connectivity index is 2.13. The Hall–Kier alpha value is 0.110. The summed E-state index contributed by atoms with van der Waals surface area (Å²) in [4.78, 5) is 5.69. The van der Waals surface area contributed by atoms with Gasteiger partial charge in [0.05, 0.1) is 5.51 Å². The molecule has 0 atom stereocenters. The Bertz CT molecular complexity index is 253. The number of thiazole rings is 1. The summed E-state index contributed by atoms with van der Waals surface area (Å²) in [6.07, 6.45) is 6.94. The maximum Gasteiger partial charge on any atom is 0.120 e. The van der Waals surface area contributed by atoms with Gasteiger partial charge in [-0.1, -0.05) is 19.3 Å². The molecule has 1 aromatic heterocycles. The zero-order valence-electron chi connectivity index (χ0n) is 6.92. The highest BCUT2D eigenvalue weighted by molar-refractivity contribution is 9.10. The number of hydrogen-bond acceptors (Lipinski definition) is 2. The minimum atomic E-state index is 0.792. The van der Waals surface area contributed by atoms with Gasteiger partial charge >= 0.3 is 0 Å². The molecule has 0 bridgehead atoms. The van der Waals surface area contributed by atoms with Crippen molar-refractivity contribution in [2.45, 2.75) is 38.0 Å². The lowest BCUT2D eigenvalue weighted by molar-refractivity contribution is 0.447. The van der Waals surface area contributed by atoms with E-state index in [2.05, 4.69) is 20.9 Å². The predicted octanol–water partition coefficient (Wildman–Crippen LogP) is 3.95. The summed E-state index contributed by atoms with van der Waals surface area (Å²) >= 11 is 5.30. The summed E-state index contributed by atoms with van der Waals surface area (Å²) in [5.74, 6) is 0.792. The van der Waals surface area contributed by atoms with E-state index in [9.17, 15) is 0 Å². The lowest BCUT2D eigenvalue weighted by Gasteiger charge is -2.20. The van der Waals surface area contributed by atoms with Crippen molar-refractivity contribution in [3.63, 3.8) is 0 Å². The molecular weight excluding hydrogens is 234 g/mol. The van der Waals surface area contributed by atoms with Gasteiger partial charge in [-0.25, -0.2) is 4.98 Å². The topological polar surface area (TPSA) is 12.9 Å². The maximum absolute atomic E-state index is 4.23. The normalized spacial score (nSPS) is 19.8. The number of rotatable bonds is 1. The first-order chi connectivity index (χ1) is 5.88. The summed E-state index contributed by atoms with van der Waals surface area (Å²) in [6, 6.07) is 0. The molecule has 1 fully saturated rings. The van der Waals surface area contributed by atoms with Gasteiger partial charge in [-0.2, -0.15) is 0 Å². The van der Waals surface area contributed by atoms with E-state index in [1.807, 2.05) is 5.51 Å². The molecule has 0 aliphatic heterocycles. The van der Waals surface area contributed by atoms with Gasteiger partial charge in [0.15, 0.2) is 0 Å². The largest absolute Gasteiger partial charge is 0.237 e. The molecule has 66 valence electrons. The second-order valence-corrected chi connectivity index (χ2v) is 4.98. The first-order valence-electron chi connectivity index (χ1n) is 4.47. The standard InChI is InChI=1S/C9H12BrNS/c10-9-8(12-6-11-9)7-4-2-1-3-5-7/h6-7H,1-5H2. The van der Waals surface area contributed by atoms with Crippen LogP contribution in [0.2, 0.25) is 0 Å². The van der Waals surface area contributed by atoms with Crippen LogP contribution in [0.25, 0.3) is 0 Å². The van der Waals surface area contributed by atoms with Crippen LogP contribution in [0.4, 0.5) is 0 Å². The first-order valence-corrected chi connectivity index (χ1v) is 6.14. The van der Waals surface area contributed by atoms with E-state index in [1.54, 1.807) is 11.3 Å². The Kier molecular flexibility index (Phi) is 2.81. The van der Waals surface area contributed by atoms with E-state index in [-0.39, 0.29) is 0 Å². The van der Waals surface area contributed by atoms with Crippen LogP contribution in [-0.4, -0.2) is 4.98 Å². The monoisotopic (exact) mass is 245 g/mol. The Morgan fingerprint density at radius 1 is 1.33 bits per heavy atom. The molecule has 1 saturated carbocycles. The predicted molar refractivity (Wildman–Crippen MR) is 55.6 cm³/mol. The van der Waals surface area contributed by atoms with Gasteiger partial charge in [-0.15, -0.1) is 11.3 Å². The summed E-state index contributed by atoms with van der Waals surface area (Å²) in [5.41, 5.74) is 1.94. The van der Waals surface area contributed by atoms with Crippen molar-refractivity contribution in [3.05, 3.63) is 15.0 Å². The summed E-state index contributed by atoms with van der Waals surface area (Å²) in [5, 5.41) is 0. The van der Waals surface area contributed by atoms with Gasteiger partial charge in [0.2, 0.25) is 0 Å². The van der Waals surface area contributed by atoms with Gasteiger partial charge < -0.3 is 0 Å². The second-order valence-electron chi connectivity index (χ2n) is 3.34. The highest BCUT2D eigenvalue weighted by Crippen LogP contribution is 2.37. The molecule has 1 aliphatic rings. The second kappa shape index (κ2) is 3.88. The van der Waals surface area contributed by atoms with Gasteiger partial charge in [-0.3, -0.25) is 0 Å². The van der Waals surface area contributed by atoms with Gasteiger partial charge in [-0.05, 0) is 34.7 Å². The van der Waals surface area contributed by atoms with Crippen LogP contribution < -0.4 is 0 Å². The fraction of sp³-hybridized carbons (Fsp3) is 0.667. The Morgan fingerprint density at radius 3 is 2.67 bits per heavy atom. The molecular formula is C9H12BrNS. The third-order valence-corrected chi connectivity index (χ3v) is 4.41. The molecule has 1 aliphatic carbocycles. The molecule has 0 radical (unpaired) electrons. The Morgan fingerprint density at radius 2 is 2.08 bits per heavy atom. The summed E-state index contributed by atoms with van der Waals surface area (Å²) in [6.45, 7) is 0. The van der Waals surface area contributed by atoms with Crippen molar-refractivity contribution < 1.29 is 0 Å².